The molecule has 0 saturated carbocycles. The maximum Gasteiger partial charge on any atom is 0.254 e. The highest BCUT2D eigenvalue weighted by molar-refractivity contribution is 7.98. The highest BCUT2D eigenvalue weighted by Crippen LogP contribution is 2.20. The van der Waals surface area contributed by atoms with Crippen molar-refractivity contribution in [3.63, 3.8) is 0 Å². The van der Waals surface area contributed by atoms with Crippen LogP contribution in [0.5, 0.6) is 0 Å². The monoisotopic (exact) mass is 368 g/mol. The molecule has 0 fully saturated rings. The molecule has 3 aromatic rings. The predicted octanol–water partition coefficient (Wildman–Crippen LogP) is 3.59. The minimum atomic E-state index is -0.0724. The van der Waals surface area contributed by atoms with Gasteiger partial charge in [-0.25, -0.2) is 4.98 Å². The number of rotatable bonds is 7. The Kier molecular flexibility index (Phi) is 6.01. The van der Waals surface area contributed by atoms with Gasteiger partial charge in [0.25, 0.3) is 5.91 Å². The van der Waals surface area contributed by atoms with Gasteiger partial charge in [-0.15, -0.1) is 11.8 Å². The average molecular weight is 368 g/mol. The molecule has 0 radical (unpaired) electrons. The number of hydrogen-bond donors (Lipinski definition) is 0. The Bertz CT molecular complexity index is 849. The summed E-state index contributed by atoms with van der Waals surface area (Å²) >= 11 is 1.67. The molecule has 3 rings (SSSR count). The van der Waals surface area contributed by atoms with Crippen molar-refractivity contribution in [2.45, 2.75) is 30.7 Å². The molecule has 0 N–H and O–H groups in total. The van der Waals surface area contributed by atoms with E-state index in [1.54, 1.807) is 29.9 Å². The highest BCUT2D eigenvalue weighted by Gasteiger charge is 2.15. The summed E-state index contributed by atoms with van der Waals surface area (Å²) in [5.74, 6) is 1.83. The van der Waals surface area contributed by atoms with Gasteiger partial charge in [0.2, 0.25) is 5.89 Å². The largest absolute Gasteiger partial charge is 0.339 e. The summed E-state index contributed by atoms with van der Waals surface area (Å²) in [5.41, 5.74) is 1.78. The molecular formula is C19H20N4O2S. The molecule has 2 aromatic heterocycles. The molecule has 134 valence electrons. The maximum absolute atomic E-state index is 12.5. The smallest absolute Gasteiger partial charge is 0.254 e. The topological polar surface area (TPSA) is 72.1 Å². The van der Waals surface area contributed by atoms with E-state index in [1.165, 1.54) is 0 Å². The Morgan fingerprint density at radius 3 is 2.65 bits per heavy atom. The third-order valence-corrected chi connectivity index (χ3v) is 4.78. The van der Waals surface area contributed by atoms with Gasteiger partial charge in [0.1, 0.15) is 0 Å². The Balaban J connectivity index is 1.57. The van der Waals surface area contributed by atoms with E-state index in [0.29, 0.717) is 30.2 Å². The third kappa shape index (κ3) is 4.70. The van der Waals surface area contributed by atoms with Gasteiger partial charge in [0.15, 0.2) is 5.82 Å². The maximum atomic E-state index is 12.5. The van der Waals surface area contributed by atoms with Gasteiger partial charge in [-0.1, -0.05) is 30.3 Å². The second-order valence-electron chi connectivity index (χ2n) is 5.77. The van der Waals surface area contributed by atoms with E-state index in [9.17, 15) is 4.79 Å². The molecule has 1 amide bonds. The lowest BCUT2D eigenvalue weighted by atomic mass is 10.1. The quantitative estimate of drug-likeness (QED) is 0.594. The molecule has 0 saturated heterocycles. The van der Waals surface area contributed by atoms with Crippen molar-refractivity contribution in [2.75, 3.05) is 7.05 Å². The Labute approximate surface area is 156 Å². The van der Waals surface area contributed by atoms with Crippen LogP contribution in [-0.4, -0.2) is 33.0 Å². The van der Waals surface area contributed by atoms with Crippen molar-refractivity contribution < 1.29 is 9.32 Å². The van der Waals surface area contributed by atoms with Crippen LogP contribution < -0.4 is 0 Å². The standard InChI is InChI=1S/C19H20N4O2S/c1-3-17-21-16(22-25-17)12-23(2)19(24)15-9-7-14(8-10-15)13-26-18-6-4-5-11-20-18/h4-11H,3,12-13H2,1-2H3. The zero-order valence-corrected chi connectivity index (χ0v) is 15.6. The second-order valence-corrected chi connectivity index (χ2v) is 6.77. The number of benzene rings is 1. The summed E-state index contributed by atoms with van der Waals surface area (Å²) in [7, 11) is 1.73. The molecule has 2 heterocycles. The average Bonchev–Trinajstić information content (AvgIpc) is 3.14. The number of carbonyl (C=O) groups excluding carboxylic acids is 1. The van der Waals surface area contributed by atoms with Crippen LogP contribution >= 0.6 is 11.8 Å². The SMILES string of the molecule is CCc1nc(CN(C)C(=O)c2ccc(CSc3ccccn3)cc2)no1. The number of hydrogen-bond acceptors (Lipinski definition) is 6. The van der Waals surface area contributed by atoms with Gasteiger partial charge in [-0.2, -0.15) is 4.98 Å². The van der Waals surface area contributed by atoms with Crippen LogP contribution in [-0.2, 0) is 18.7 Å². The van der Waals surface area contributed by atoms with Crippen molar-refractivity contribution in [1.29, 1.82) is 0 Å². The molecular weight excluding hydrogens is 348 g/mol. The zero-order valence-electron chi connectivity index (χ0n) is 14.8. The molecule has 0 aliphatic rings. The summed E-state index contributed by atoms with van der Waals surface area (Å²) in [6.45, 7) is 2.26. The molecule has 0 aliphatic carbocycles. The fourth-order valence-electron chi connectivity index (χ4n) is 2.34. The highest BCUT2D eigenvalue weighted by atomic mass is 32.2. The Morgan fingerprint density at radius 2 is 2.00 bits per heavy atom. The molecule has 6 nitrogen and oxygen atoms in total. The van der Waals surface area contributed by atoms with Crippen molar-refractivity contribution in [3.8, 4) is 0 Å². The lowest BCUT2D eigenvalue weighted by Gasteiger charge is -2.15. The van der Waals surface area contributed by atoms with Crippen LogP contribution in [0.3, 0.4) is 0 Å². The summed E-state index contributed by atoms with van der Waals surface area (Å²) < 4.78 is 5.07. The van der Waals surface area contributed by atoms with E-state index in [1.807, 2.05) is 49.4 Å². The first-order valence-corrected chi connectivity index (χ1v) is 9.34. The van der Waals surface area contributed by atoms with Crippen molar-refractivity contribution in [1.82, 2.24) is 20.0 Å². The number of nitrogens with zero attached hydrogens (tertiary/aromatic N) is 4. The van der Waals surface area contributed by atoms with Crippen molar-refractivity contribution >= 4 is 17.7 Å². The minimum Gasteiger partial charge on any atom is -0.339 e. The number of aromatic nitrogens is 3. The summed E-state index contributed by atoms with van der Waals surface area (Å²) in [6, 6.07) is 13.5. The number of pyridine rings is 1. The van der Waals surface area contributed by atoms with Crippen molar-refractivity contribution in [2.24, 2.45) is 0 Å². The normalized spacial score (nSPS) is 10.7. The lowest BCUT2D eigenvalue weighted by molar-refractivity contribution is 0.0780. The van der Waals surface area contributed by atoms with Gasteiger partial charge >= 0.3 is 0 Å². The first-order valence-electron chi connectivity index (χ1n) is 8.35. The molecule has 0 spiro atoms. The van der Waals surface area contributed by atoms with Gasteiger partial charge < -0.3 is 9.42 Å². The second kappa shape index (κ2) is 8.62. The molecule has 1 aromatic carbocycles. The van der Waals surface area contributed by atoms with E-state index in [4.69, 9.17) is 4.52 Å². The first-order chi connectivity index (χ1) is 12.7. The summed E-state index contributed by atoms with van der Waals surface area (Å²) in [5, 5.41) is 4.87. The number of carbonyl (C=O) groups is 1. The van der Waals surface area contributed by atoms with Crippen LogP contribution in [0.4, 0.5) is 0 Å². The van der Waals surface area contributed by atoms with Crippen LogP contribution in [0.2, 0.25) is 0 Å². The Hall–Kier alpha value is -2.67. The summed E-state index contributed by atoms with van der Waals surface area (Å²) in [6.07, 6.45) is 2.47. The van der Waals surface area contributed by atoms with Gasteiger partial charge in [-0.05, 0) is 29.8 Å². The zero-order chi connectivity index (χ0) is 18.4. The number of thioether (sulfide) groups is 1. The van der Waals surface area contributed by atoms with Crippen LogP contribution in [0.1, 0.15) is 34.6 Å². The fraction of sp³-hybridized carbons (Fsp3) is 0.263. The molecule has 0 atom stereocenters. The van der Waals surface area contributed by atoms with E-state index in [2.05, 4.69) is 15.1 Å². The van der Waals surface area contributed by atoms with E-state index in [-0.39, 0.29) is 5.91 Å². The molecule has 0 unspecified atom stereocenters. The predicted molar refractivity (Wildman–Crippen MR) is 99.7 cm³/mol. The minimum absolute atomic E-state index is 0.0724. The first kappa shape index (κ1) is 18.1. The van der Waals surface area contributed by atoms with Gasteiger partial charge in [0, 0.05) is 31.0 Å². The molecule has 26 heavy (non-hydrogen) atoms. The van der Waals surface area contributed by atoms with E-state index >= 15 is 0 Å². The molecule has 7 heteroatoms. The van der Waals surface area contributed by atoms with Crippen LogP contribution in [0.15, 0.2) is 58.2 Å². The summed E-state index contributed by atoms with van der Waals surface area (Å²) in [4.78, 5) is 22.7. The lowest BCUT2D eigenvalue weighted by Crippen LogP contribution is -2.26. The van der Waals surface area contributed by atoms with Crippen LogP contribution in [0, 0.1) is 0 Å². The third-order valence-electron chi connectivity index (χ3n) is 3.76. The number of amides is 1. The number of aryl methyl sites for hydroxylation is 1. The fourth-order valence-corrected chi connectivity index (χ4v) is 3.15. The van der Waals surface area contributed by atoms with Crippen molar-refractivity contribution in [3.05, 3.63) is 71.5 Å². The van der Waals surface area contributed by atoms with Crippen LogP contribution in [0.25, 0.3) is 0 Å². The van der Waals surface area contributed by atoms with Gasteiger partial charge in [-0.3, -0.25) is 4.79 Å². The Morgan fingerprint density at radius 1 is 1.19 bits per heavy atom. The van der Waals surface area contributed by atoms with E-state index in [0.717, 1.165) is 16.3 Å². The molecule has 0 aliphatic heterocycles. The molecule has 0 bridgehead atoms. The van der Waals surface area contributed by atoms with E-state index < -0.39 is 0 Å². The van der Waals surface area contributed by atoms with Gasteiger partial charge in [0.05, 0.1) is 11.6 Å².